The Kier molecular flexibility index (Phi) is 5.93. The van der Waals surface area contributed by atoms with Crippen molar-refractivity contribution < 1.29 is 14.1 Å². The summed E-state index contributed by atoms with van der Waals surface area (Å²) in [6.07, 6.45) is 8.91. The topological polar surface area (TPSA) is 97.1 Å². The molecule has 7 nitrogen and oxygen atoms in total. The molecule has 1 heterocycles. The second-order valence-electron chi connectivity index (χ2n) is 9.86. The first-order chi connectivity index (χ1) is 13.9. The lowest BCUT2D eigenvalue weighted by atomic mass is 9.49. The van der Waals surface area contributed by atoms with E-state index in [9.17, 15) is 9.59 Å². The van der Waals surface area contributed by atoms with Crippen molar-refractivity contribution in [2.45, 2.75) is 77.6 Å². The first-order valence-electron chi connectivity index (χ1n) is 11.3. The highest BCUT2D eigenvalue weighted by Crippen LogP contribution is 2.60. The number of carbonyl (C=O) groups is 2. The molecule has 4 fully saturated rings. The Bertz CT molecular complexity index is 707. The van der Waals surface area contributed by atoms with Gasteiger partial charge in [0, 0.05) is 37.3 Å². The smallest absolute Gasteiger partial charge is 0.226 e. The van der Waals surface area contributed by atoms with Crippen molar-refractivity contribution >= 4 is 11.8 Å². The van der Waals surface area contributed by atoms with Gasteiger partial charge in [-0.25, -0.2) is 0 Å². The molecule has 7 heteroatoms. The van der Waals surface area contributed by atoms with Gasteiger partial charge in [-0.3, -0.25) is 9.59 Å². The summed E-state index contributed by atoms with van der Waals surface area (Å²) >= 11 is 0. The van der Waals surface area contributed by atoms with Gasteiger partial charge in [0.25, 0.3) is 0 Å². The monoisotopic (exact) mass is 402 g/mol. The highest BCUT2D eigenvalue weighted by Gasteiger charge is 2.54. The fourth-order valence-corrected chi connectivity index (χ4v) is 6.03. The van der Waals surface area contributed by atoms with E-state index in [1.165, 1.54) is 19.3 Å². The molecule has 1 aromatic heterocycles. The van der Waals surface area contributed by atoms with Crippen molar-refractivity contribution in [3.05, 3.63) is 11.7 Å². The van der Waals surface area contributed by atoms with Crippen LogP contribution in [0.15, 0.2) is 4.52 Å². The molecule has 4 saturated carbocycles. The molecule has 0 unspecified atom stereocenters. The fraction of sp³-hybridized carbons (Fsp3) is 0.818. The van der Waals surface area contributed by atoms with E-state index in [-0.39, 0.29) is 23.1 Å². The summed E-state index contributed by atoms with van der Waals surface area (Å²) in [5.74, 6) is 4.03. The van der Waals surface area contributed by atoms with Gasteiger partial charge in [0.2, 0.25) is 17.7 Å². The minimum atomic E-state index is -0.135. The fourth-order valence-electron chi connectivity index (χ4n) is 6.03. The minimum Gasteiger partial charge on any atom is -0.356 e. The van der Waals surface area contributed by atoms with Crippen molar-refractivity contribution in [1.29, 1.82) is 0 Å². The van der Waals surface area contributed by atoms with Gasteiger partial charge in [0.05, 0.1) is 0 Å². The Morgan fingerprint density at radius 2 is 1.72 bits per heavy atom. The van der Waals surface area contributed by atoms with Crippen LogP contribution >= 0.6 is 0 Å². The molecular formula is C22H34N4O3. The summed E-state index contributed by atoms with van der Waals surface area (Å²) < 4.78 is 5.20. The predicted molar refractivity (Wildman–Crippen MR) is 108 cm³/mol. The van der Waals surface area contributed by atoms with Crippen LogP contribution in [0.3, 0.4) is 0 Å². The zero-order valence-electron chi connectivity index (χ0n) is 17.7. The Morgan fingerprint density at radius 1 is 1.07 bits per heavy atom. The van der Waals surface area contributed by atoms with Crippen LogP contribution in [0, 0.1) is 23.2 Å². The Labute approximate surface area is 172 Å². The Balaban J connectivity index is 1.12. The summed E-state index contributed by atoms with van der Waals surface area (Å²) in [5.41, 5.74) is -0.135. The van der Waals surface area contributed by atoms with Crippen molar-refractivity contribution in [2.24, 2.45) is 23.2 Å². The average molecular weight is 403 g/mol. The number of carbonyl (C=O) groups excluding carboxylic acids is 2. The van der Waals surface area contributed by atoms with Crippen LogP contribution in [0.2, 0.25) is 0 Å². The standard InChI is InChI=1S/C22H34N4O3/c1-14(2)20-25-19(29-26-20)4-3-6-23-18(27)5-7-24-21(28)22-11-15-8-16(12-22)10-17(9-15)13-22/h14-17H,3-13H2,1-2H3,(H,23,27)(H,24,28). The van der Waals surface area contributed by atoms with Gasteiger partial charge in [0.15, 0.2) is 5.82 Å². The number of aromatic nitrogens is 2. The number of aryl methyl sites for hydroxylation is 1. The molecule has 160 valence electrons. The lowest BCUT2D eigenvalue weighted by molar-refractivity contribution is -0.146. The Hall–Kier alpha value is -1.92. The third-order valence-corrected chi connectivity index (χ3v) is 7.05. The van der Waals surface area contributed by atoms with Gasteiger partial charge in [-0.1, -0.05) is 19.0 Å². The SMILES string of the molecule is CC(C)c1noc(CCCNC(=O)CCNC(=O)C23CC4CC(CC(C4)C2)C3)n1. The minimum absolute atomic E-state index is 0.0239. The normalized spacial score (nSPS) is 30.0. The van der Waals surface area contributed by atoms with Gasteiger partial charge >= 0.3 is 0 Å². The molecule has 0 saturated heterocycles. The maximum absolute atomic E-state index is 12.9. The van der Waals surface area contributed by atoms with E-state index in [1.54, 1.807) is 0 Å². The Morgan fingerprint density at radius 3 is 2.31 bits per heavy atom. The number of hydrogen-bond acceptors (Lipinski definition) is 5. The molecule has 29 heavy (non-hydrogen) atoms. The molecule has 0 aliphatic heterocycles. The third kappa shape index (κ3) is 4.64. The van der Waals surface area contributed by atoms with Gasteiger partial charge in [-0.2, -0.15) is 4.98 Å². The maximum Gasteiger partial charge on any atom is 0.226 e. The molecule has 4 bridgehead atoms. The number of rotatable bonds is 9. The molecule has 0 radical (unpaired) electrons. The van der Waals surface area contributed by atoms with Crippen LogP contribution in [0.25, 0.3) is 0 Å². The van der Waals surface area contributed by atoms with Gasteiger partial charge < -0.3 is 15.2 Å². The van der Waals surface area contributed by atoms with E-state index in [0.717, 1.165) is 49.3 Å². The predicted octanol–water partition coefficient (Wildman–Crippen LogP) is 2.96. The van der Waals surface area contributed by atoms with E-state index < -0.39 is 0 Å². The highest BCUT2D eigenvalue weighted by molar-refractivity contribution is 5.84. The van der Waals surface area contributed by atoms with E-state index in [0.29, 0.717) is 31.8 Å². The second-order valence-corrected chi connectivity index (χ2v) is 9.86. The highest BCUT2D eigenvalue weighted by atomic mass is 16.5. The van der Waals surface area contributed by atoms with Crippen LogP contribution in [-0.2, 0) is 16.0 Å². The second kappa shape index (κ2) is 8.44. The molecular weight excluding hydrogens is 368 g/mol. The molecule has 0 atom stereocenters. The van der Waals surface area contributed by atoms with E-state index in [4.69, 9.17) is 4.52 Å². The van der Waals surface area contributed by atoms with Crippen LogP contribution in [0.1, 0.15) is 82.8 Å². The van der Waals surface area contributed by atoms with Gasteiger partial charge in [-0.15, -0.1) is 0 Å². The molecule has 1 aromatic rings. The lowest BCUT2D eigenvalue weighted by Gasteiger charge is -2.55. The molecule has 5 rings (SSSR count). The van der Waals surface area contributed by atoms with E-state index in [2.05, 4.69) is 20.8 Å². The molecule has 2 amide bonds. The molecule has 4 aliphatic rings. The molecule has 4 aliphatic carbocycles. The van der Waals surface area contributed by atoms with Crippen LogP contribution in [0.4, 0.5) is 0 Å². The molecule has 0 aromatic carbocycles. The first-order valence-corrected chi connectivity index (χ1v) is 11.3. The average Bonchev–Trinajstić information content (AvgIpc) is 3.13. The molecule has 0 spiro atoms. The number of hydrogen-bond donors (Lipinski definition) is 2. The summed E-state index contributed by atoms with van der Waals surface area (Å²) in [7, 11) is 0. The van der Waals surface area contributed by atoms with Gasteiger partial charge in [-0.05, 0) is 62.7 Å². The number of nitrogens with one attached hydrogen (secondary N) is 2. The van der Waals surface area contributed by atoms with Crippen molar-refractivity contribution in [3.63, 3.8) is 0 Å². The van der Waals surface area contributed by atoms with E-state index >= 15 is 0 Å². The third-order valence-electron chi connectivity index (χ3n) is 7.05. The van der Waals surface area contributed by atoms with Crippen LogP contribution in [-0.4, -0.2) is 35.0 Å². The summed E-state index contributed by atoms with van der Waals surface area (Å²) in [6, 6.07) is 0. The number of amides is 2. The summed E-state index contributed by atoms with van der Waals surface area (Å²) in [4.78, 5) is 29.3. The quantitative estimate of drug-likeness (QED) is 0.619. The maximum atomic E-state index is 12.9. The first kappa shape index (κ1) is 20.4. The van der Waals surface area contributed by atoms with E-state index in [1.807, 2.05) is 13.8 Å². The zero-order valence-corrected chi connectivity index (χ0v) is 17.7. The van der Waals surface area contributed by atoms with Crippen molar-refractivity contribution in [3.8, 4) is 0 Å². The largest absolute Gasteiger partial charge is 0.356 e. The zero-order chi connectivity index (χ0) is 20.4. The summed E-state index contributed by atoms with van der Waals surface area (Å²) in [6.45, 7) is 5.04. The van der Waals surface area contributed by atoms with Crippen LogP contribution in [0.5, 0.6) is 0 Å². The van der Waals surface area contributed by atoms with Crippen molar-refractivity contribution in [1.82, 2.24) is 20.8 Å². The lowest BCUT2D eigenvalue weighted by Crippen LogP contribution is -2.53. The number of nitrogens with zero attached hydrogens (tertiary/aromatic N) is 2. The van der Waals surface area contributed by atoms with Crippen molar-refractivity contribution in [2.75, 3.05) is 13.1 Å². The van der Waals surface area contributed by atoms with Crippen LogP contribution < -0.4 is 10.6 Å². The summed E-state index contributed by atoms with van der Waals surface area (Å²) in [5, 5.41) is 9.92. The van der Waals surface area contributed by atoms with Gasteiger partial charge in [0.1, 0.15) is 0 Å². The molecule has 2 N–H and O–H groups in total.